The van der Waals surface area contributed by atoms with Gasteiger partial charge >= 0.3 is 0 Å². The summed E-state index contributed by atoms with van der Waals surface area (Å²) in [6.45, 7) is 15.6. The topological polar surface area (TPSA) is 47.6 Å². The Balaban J connectivity index is -0.00000103. The number of carbonyl (C=O) groups excluding carboxylic acids is 1. The van der Waals surface area contributed by atoms with Crippen LogP contribution in [0.4, 0.5) is 0 Å². The highest BCUT2D eigenvalue weighted by Crippen LogP contribution is 2.16. The first-order valence-electron chi connectivity index (χ1n) is 7.88. The van der Waals surface area contributed by atoms with E-state index < -0.39 is 0 Å². The van der Waals surface area contributed by atoms with Gasteiger partial charge in [0, 0.05) is 33.5 Å². The average molecular weight is 291 g/mol. The average Bonchev–Trinajstić information content (AvgIpc) is 2.41. The predicted molar refractivity (Wildman–Crippen MR) is 87.1 cm³/mol. The molecule has 0 aliphatic rings. The van der Waals surface area contributed by atoms with Crippen LogP contribution in [0.3, 0.4) is 0 Å². The Morgan fingerprint density at radius 1 is 1.10 bits per heavy atom. The van der Waals surface area contributed by atoms with Crippen molar-refractivity contribution in [3.05, 3.63) is 0 Å². The van der Waals surface area contributed by atoms with E-state index in [0.29, 0.717) is 19.8 Å². The van der Waals surface area contributed by atoms with Crippen LogP contribution >= 0.6 is 0 Å². The fourth-order valence-electron chi connectivity index (χ4n) is 1.42. The lowest BCUT2D eigenvalue weighted by molar-refractivity contribution is -0.119. The monoisotopic (exact) mass is 291 g/mol. The molecule has 0 aliphatic heterocycles. The summed E-state index contributed by atoms with van der Waals surface area (Å²) < 4.78 is 11.2. The second kappa shape index (κ2) is 14.8. The van der Waals surface area contributed by atoms with Crippen LogP contribution in [0.1, 0.15) is 62.2 Å². The van der Waals surface area contributed by atoms with Crippen molar-refractivity contribution in [1.29, 1.82) is 0 Å². The Morgan fingerprint density at radius 3 is 2.05 bits per heavy atom. The highest BCUT2D eigenvalue weighted by Gasteiger charge is 2.18. The van der Waals surface area contributed by atoms with Gasteiger partial charge in [-0.15, -0.1) is 0 Å². The molecule has 124 valence electrons. The minimum atomic E-state index is 0. The molecule has 0 saturated heterocycles. The zero-order valence-corrected chi connectivity index (χ0v) is 14.4. The normalized spacial score (nSPS) is 10.7. The Bertz CT molecular complexity index is 224. The number of ether oxygens (including phenoxy) is 2. The van der Waals surface area contributed by atoms with E-state index >= 15 is 0 Å². The molecule has 1 N–H and O–H groups in total. The van der Waals surface area contributed by atoms with Gasteiger partial charge in [-0.2, -0.15) is 0 Å². The highest BCUT2D eigenvalue weighted by atomic mass is 16.5. The molecule has 0 bridgehead atoms. The molecule has 4 heteroatoms. The molecule has 20 heavy (non-hydrogen) atoms. The van der Waals surface area contributed by atoms with Gasteiger partial charge in [-0.25, -0.2) is 0 Å². The number of carbonyl (C=O) groups is 1. The van der Waals surface area contributed by atoms with Gasteiger partial charge in [-0.05, 0) is 12.8 Å². The van der Waals surface area contributed by atoms with Crippen molar-refractivity contribution in [3.63, 3.8) is 0 Å². The van der Waals surface area contributed by atoms with Crippen LogP contribution in [0.25, 0.3) is 0 Å². The van der Waals surface area contributed by atoms with Gasteiger partial charge in [-0.1, -0.05) is 41.0 Å². The predicted octanol–water partition coefficient (Wildman–Crippen LogP) is 3.64. The van der Waals surface area contributed by atoms with Crippen LogP contribution in [0.2, 0.25) is 0 Å². The molecule has 0 rings (SSSR count). The number of amides is 1. The van der Waals surface area contributed by atoms with E-state index in [1.54, 1.807) is 0 Å². The lowest BCUT2D eigenvalue weighted by Crippen LogP contribution is -2.27. The molecule has 0 atom stereocenters. The van der Waals surface area contributed by atoms with Gasteiger partial charge in [0.05, 0.1) is 13.2 Å². The zero-order valence-electron chi connectivity index (χ0n) is 14.4. The first-order valence-corrected chi connectivity index (χ1v) is 7.88. The van der Waals surface area contributed by atoms with Crippen LogP contribution in [0.5, 0.6) is 0 Å². The summed E-state index contributed by atoms with van der Waals surface area (Å²) in [5, 5.41) is 2.75. The summed E-state index contributed by atoms with van der Waals surface area (Å²) >= 11 is 0. The maximum Gasteiger partial charge on any atom is 0.216 e. The molecule has 0 aromatic carbocycles. The largest absolute Gasteiger partial charge is 0.381 e. The quantitative estimate of drug-likeness (QED) is 0.591. The fraction of sp³-hybridized carbons (Fsp3) is 0.938. The Hall–Kier alpha value is -0.610. The fourth-order valence-corrected chi connectivity index (χ4v) is 1.42. The Morgan fingerprint density at radius 2 is 1.60 bits per heavy atom. The van der Waals surface area contributed by atoms with Crippen molar-refractivity contribution in [2.45, 2.75) is 60.8 Å². The van der Waals surface area contributed by atoms with E-state index in [0.717, 1.165) is 26.1 Å². The van der Waals surface area contributed by atoms with Gasteiger partial charge in [-0.3, -0.25) is 4.79 Å². The molecule has 1 amide bonds. The van der Waals surface area contributed by atoms with Crippen LogP contribution in [0.15, 0.2) is 0 Å². The molecule has 0 aliphatic carbocycles. The molecule has 4 nitrogen and oxygen atoms in total. The lowest BCUT2D eigenvalue weighted by Gasteiger charge is -2.24. The third kappa shape index (κ3) is 17.4. The molecule has 0 radical (unpaired) electrons. The third-order valence-corrected chi connectivity index (χ3v) is 2.47. The van der Waals surface area contributed by atoms with E-state index in [2.05, 4.69) is 26.1 Å². The summed E-state index contributed by atoms with van der Waals surface area (Å²) in [6, 6.07) is 0. The number of unbranched alkanes of at least 4 members (excludes halogenated alkanes) is 1. The SMILES string of the molecule is CC.CCCCOCC(C)(C)COCCCNC(C)=O.[HH]. The molecule has 0 unspecified atom stereocenters. The maximum atomic E-state index is 10.6. The van der Waals surface area contributed by atoms with Gasteiger partial charge in [0.1, 0.15) is 0 Å². The first kappa shape index (κ1) is 21.7. The minimum Gasteiger partial charge on any atom is -0.381 e. The van der Waals surface area contributed by atoms with Gasteiger partial charge in [0.15, 0.2) is 0 Å². The molecule has 0 saturated carbocycles. The van der Waals surface area contributed by atoms with Crippen molar-refractivity contribution < 1.29 is 15.7 Å². The van der Waals surface area contributed by atoms with Crippen molar-refractivity contribution in [1.82, 2.24) is 5.32 Å². The van der Waals surface area contributed by atoms with Crippen molar-refractivity contribution in [3.8, 4) is 0 Å². The second-order valence-corrected chi connectivity index (χ2v) is 5.46. The Labute approximate surface area is 127 Å². The van der Waals surface area contributed by atoms with E-state index in [-0.39, 0.29) is 12.7 Å². The molecular formula is C16H37NO3. The van der Waals surface area contributed by atoms with E-state index in [4.69, 9.17) is 9.47 Å². The Kier molecular flexibility index (Phi) is 16.0. The van der Waals surface area contributed by atoms with Gasteiger partial charge in [0.25, 0.3) is 0 Å². The number of hydrogen-bond acceptors (Lipinski definition) is 3. The van der Waals surface area contributed by atoms with Crippen LogP contribution in [-0.2, 0) is 14.3 Å². The molecule has 0 heterocycles. The summed E-state index contributed by atoms with van der Waals surface area (Å²) in [5.74, 6) is 0.0136. The first-order chi connectivity index (χ1) is 9.48. The number of nitrogens with one attached hydrogen (secondary N) is 1. The van der Waals surface area contributed by atoms with E-state index in [9.17, 15) is 4.79 Å². The third-order valence-electron chi connectivity index (χ3n) is 2.47. The van der Waals surface area contributed by atoms with Crippen LogP contribution < -0.4 is 5.32 Å². The highest BCUT2D eigenvalue weighted by molar-refractivity contribution is 5.72. The number of rotatable bonds is 11. The van der Waals surface area contributed by atoms with Crippen molar-refractivity contribution >= 4 is 5.91 Å². The minimum absolute atomic E-state index is 0. The summed E-state index contributed by atoms with van der Waals surface area (Å²) in [5.41, 5.74) is 0.0573. The zero-order chi connectivity index (χ0) is 15.9. The van der Waals surface area contributed by atoms with E-state index in [1.807, 2.05) is 13.8 Å². The van der Waals surface area contributed by atoms with Crippen LogP contribution in [-0.4, -0.2) is 38.9 Å². The lowest BCUT2D eigenvalue weighted by atomic mass is 9.96. The molecule has 0 aromatic rings. The maximum absolute atomic E-state index is 10.6. The van der Waals surface area contributed by atoms with Gasteiger partial charge < -0.3 is 14.8 Å². The van der Waals surface area contributed by atoms with Crippen molar-refractivity contribution in [2.24, 2.45) is 5.41 Å². The van der Waals surface area contributed by atoms with E-state index in [1.165, 1.54) is 13.3 Å². The standard InChI is InChI=1S/C14H29NO3.C2H6.H2/c1-5-6-9-17-11-14(3,4)12-18-10-7-8-15-13(2)16;1-2;/h5-12H2,1-4H3,(H,15,16);1-2H3;1H. The summed E-state index contributed by atoms with van der Waals surface area (Å²) in [6.07, 6.45) is 3.14. The van der Waals surface area contributed by atoms with Crippen molar-refractivity contribution in [2.75, 3.05) is 33.0 Å². The molecule has 0 fully saturated rings. The molecule has 0 spiro atoms. The smallest absolute Gasteiger partial charge is 0.216 e. The second-order valence-electron chi connectivity index (χ2n) is 5.46. The summed E-state index contributed by atoms with van der Waals surface area (Å²) in [7, 11) is 0. The summed E-state index contributed by atoms with van der Waals surface area (Å²) in [4.78, 5) is 10.6. The molecule has 0 aromatic heterocycles. The number of hydrogen-bond donors (Lipinski definition) is 1. The van der Waals surface area contributed by atoms with Crippen LogP contribution in [0, 0.1) is 5.41 Å². The molecular weight excluding hydrogens is 254 g/mol. The van der Waals surface area contributed by atoms with Gasteiger partial charge in [0.2, 0.25) is 5.91 Å².